The van der Waals surface area contributed by atoms with Crippen molar-refractivity contribution in [3.05, 3.63) is 64.1 Å². The Hall–Kier alpha value is -2.47. The van der Waals surface area contributed by atoms with Crippen LogP contribution >= 0.6 is 15.9 Å². The van der Waals surface area contributed by atoms with Crippen molar-refractivity contribution in [1.29, 1.82) is 0 Å². The molecule has 2 aromatic carbocycles. The molecule has 0 aromatic heterocycles. The molecule has 0 radical (unpaired) electrons. The van der Waals surface area contributed by atoms with Crippen molar-refractivity contribution in [2.24, 2.45) is 0 Å². The lowest BCUT2D eigenvalue weighted by molar-refractivity contribution is -0.147. The first-order chi connectivity index (χ1) is 13.2. The standard InChI is InChI=1S/C22H24BrNO4/c1-22(2,3)16-10-8-15(9-11-16)19(25)12-13-21(27)28-14-20(26)24-18-7-5-4-6-17(18)23/h4-11H,12-14H2,1-3H3,(H,24,26). The molecular weight excluding hydrogens is 422 g/mol. The first-order valence-corrected chi connectivity index (χ1v) is 9.80. The summed E-state index contributed by atoms with van der Waals surface area (Å²) >= 11 is 3.32. The number of para-hydroxylation sites is 1. The van der Waals surface area contributed by atoms with Crippen molar-refractivity contribution in [3.8, 4) is 0 Å². The van der Waals surface area contributed by atoms with Crippen LogP contribution in [-0.2, 0) is 19.7 Å². The Labute approximate surface area is 173 Å². The summed E-state index contributed by atoms with van der Waals surface area (Å²) < 4.78 is 5.68. The van der Waals surface area contributed by atoms with E-state index < -0.39 is 18.5 Å². The van der Waals surface area contributed by atoms with Crippen LogP contribution in [-0.4, -0.2) is 24.3 Å². The maximum atomic E-state index is 12.2. The van der Waals surface area contributed by atoms with Gasteiger partial charge in [-0.2, -0.15) is 0 Å². The summed E-state index contributed by atoms with van der Waals surface area (Å²) in [4.78, 5) is 35.9. The summed E-state index contributed by atoms with van der Waals surface area (Å²) in [5.74, 6) is -1.15. The number of carbonyl (C=O) groups excluding carboxylic acids is 3. The number of benzene rings is 2. The number of esters is 1. The zero-order valence-corrected chi connectivity index (χ0v) is 17.8. The van der Waals surface area contributed by atoms with Crippen LogP contribution in [0.5, 0.6) is 0 Å². The van der Waals surface area contributed by atoms with E-state index in [0.29, 0.717) is 11.3 Å². The molecule has 0 fully saturated rings. The molecule has 1 amide bonds. The molecule has 0 atom stereocenters. The van der Waals surface area contributed by atoms with Crippen LogP contribution in [0.1, 0.15) is 49.5 Å². The minimum Gasteiger partial charge on any atom is -0.456 e. The average Bonchev–Trinajstić information content (AvgIpc) is 2.65. The summed E-state index contributed by atoms with van der Waals surface area (Å²) in [6, 6.07) is 14.5. The highest BCUT2D eigenvalue weighted by Gasteiger charge is 2.15. The summed E-state index contributed by atoms with van der Waals surface area (Å²) in [7, 11) is 0. The summed E-state index contributed by atoms with van der Waals surface area (Å²) in [6.45, 7) is 5.92. The van der Waals surface area contributed by atoms with Crippen molar-refractivity contribution in [2.45, 2.75) is 39.0 Å². The highest BCUT2D eigenvalue weighted by atomic mass is 79.9. The van der Waals surface area contributed by atoms with E-state index in [2.05, 4.69) is 42.0 Å². The van der Waals surface area contributed by atoms with E-state index in [1.165, 1.54) is 0 Å². The van der Waals surface area contributed by atoms with Crippen molar-refractivity contribution in [1.82, 2.24) is 0 Å². The van der Waals surface area contributed by atoms with Gasteiger partial charge in [0.15, 0.2) is 12.4 Å². The Morgan fingerprint density at radius 1 is 0.964 bits per heavy atom. The molecule has 0 saturated carbocycles. The van der Waals surface area contributed by atoms with Gasteiger partial charge in [0.2, 0.25) is 0 Å². The lowest BCUT2D eigenvalue weighted by atomic mass is 9.86. The van der Waals surface area contributed by atoms with Gasteiger partial charge in [-0.25, -0.2) is 0 Å². The normalized spacial score (nSPS) is 11.0. The minimum atomic E-state index is -0.582. The molecule has 28 heavy (non-hydrogen) atoms. The van der Waals surface area contributed by atoms with E-state index in [4.69, 9.17) is 4.74 Å². The van der Waals surface area contributed by atoms with Crippen molar-refractivity contribution in [2.75, 3.05) is 11.9 Å². The zero-order chi connectivity index (χ0) is 20.7. The van der Waals surface area contributed by atoms with Crippen LogP contribution < -0.4 is 5.32 Å². The van der Waals surface area contributed by atoms with Crippen molar-refractivity contribution < 1.29 is 19.1 Å². The Morgan fingerprint density at radius 2 is 1.61 bits per heavy atom. The topological polar surface area (TPSA) is 72.5 Å². The first kappa shape index (κ1) is 21.8. The fourth-order valence-corrected chi connectivity index (χ4v) is 2.87. The molecule has 0 aliphatic carbocycles. The average molecular weight is 446 g/mol. The lowest BCUT2D eigenvalue weighted by Gasteiger charge is -2.18. The monoisotopic (exact) mass is 445 g/mol. The van der Waals surface area contributed by atoms with Gasteiger partial charge in [0.25, 0.3) is 5.91 Å². The molecule has 0 spiro atoms. The molecular formula is C22H24BrNO4. The fourth-order valence-electron chi connectivity index (χ4n) is 2.48. The van der Waals surface area contributed by atoms with Crippen LogP contribution in [0.25, 0.3) is 0 Å². The molecule has 5 nitrogen and oxygen atoms in total. The zero-order valence-electron chi connectivity index (χ0n) is 16.3. The predicted molar refractivity (Wildman–Crippen MR) is 112 cm³/mol. The third-order valence-corrected chi connectivity index (χ3v) is 4.83. The number of amides is 1. The number of hydrogen-bond donors (Lipinski definition) is 1. The second-order valence-corrected chi connectivity index (χ2v) is 8.29. The highest BCUT2D eigenvalue weighted by Crippen LogP contribution is 2.23. The lowest BCUT2D eigenvalue weighted by Crippen LogP contribution is -2.21. The number of anilines is 1. The number of rotatable bonds is 7. The van der Waals surface area contributed by atoms with E-state index in [9.17, 15) is 14.4 Å². The largest absolute Gasteiger partial charge is 0.456 e. The molecule has 0 heterocycles. The van der Waals surface area contributed by atoms with Gasteiger partial charge in [-0.05, 0) is 39.0 Å². The van der Waals surface area contributed by atoms with Gasteiger partial charge in [0.1, 0.15) is 0 Å². The number of hydrogen-bond acceptors (Lipinski definition) is 4. The maximum absolute atomic E-state index is 12.2. The van der Waals surface area contributed by atoms with Crippen LogP contribution in [0.3, 0.4) is 0 Å². The predicted octanol–water partition coefficient (Wildman–Crippen LogP) is 4.89. The molecule has 0 unspecified atom stereocenters. The number of nitrogens with one attached hydrogen (secondary N) is 1. The smallest absolute Gasteiger partial charge is 0.306 e. The first-order valence-electron chi connectivity index (χ1n) is 9.00. The van der Waals surface area contributed by atoms with Gasteiger partial charge in [-0.3, -0.25) is 14.4 Å². The highest BCUT2D eigenvalue weighted by molar-refractivity contribution is 9.10. The number of Topliss-reactive ketones (excluding diaryl/α,β-unsaturated/α-hetero) is 1. The Bertz CT molecular complexity index is 854. The van der Waals surface area contributed by atoms with Gasteiger partial charge >= 0.3 is 5.97 Å². The summed E-state index contributed by atoms with van der Waals surface area (Å²) in [6.07, 6.45) is -0.0261. The second-order valence-electron chi connectivity index (χ2n) is 7.44. The van der Waals surface area contributed by atoms with E-state index in [-0.39, 0.29) is 24.0 Å². The van der Waals surface area contributed by atoms with Crippen LogP contribution in [0.2, 0.25) is 0 Å². The third-order valence-electron chi connectivity index (χ3n) is 4.14. The molecule has 1 N–H and O–H groups in total. The molecule has 2 aromatic rings. The Kier molecular flexibility index (Phi) is 7.52. The third kappa shape index (κ3) is 6.60. The Morgan fingerprint density at radius 3 is 2.21 bits per heavy atom. The SMILES string of the molecule is CC(C)(C)c1ccc(C(=O)CCC(=O)OCC(=O)Nc2ccccc2Br)cc1. The minimum absolute atomic E-state index is 0.0152. The Balaban J connectivity index is 1.76. The molecule has 0 bridgehead atoms. The van der Waals surface area contributed by atoms with Gasteiger partial charge in [-0.15, -0.1) is 0 Å². The van der Waals surface area contributed by atoms with Crippen molar-refractivity contribution in [3.63, 3.8) is 0 Å². The maximum Gasteiger partial charge on any atom is 0.306 e. The van der Waals surface area contributed by atoms with E-state index in [0.717, 1.165) is 10.0 Å². The molecule has 0 aliphatic rings. The van der Waals surface area contributed by atoms with E-state index >= 15 is 0 Å². The second kappa shape index (κ2) is 9.64. The van der Waals surface area contributed by atoms with Gasteiger partial charge in [-0.1, -0.05) is 57.2 Å². The fraction of sp³-hybridized carbons (Fsp3) is 0.318. The van der Waals surface area contributed by atoms with Crippen LogP contribution in [0, 0.1) is 0 Å². The summed E-state index contributed by atoms with van der Waals surface area (Å²) in [5, 5.41) is 2.64. The molecule has 2 rings (SSSR count). The number of ether oxygens (including phenoxy) is 1. The number of ketones is 1. The quantitative estimate of drug-likeness (QED) is 0.486. The van der Waals surface area contributed by atoms with Gasteiger partial charge < -0.3 is 10.1 Å². The number of carbonyl (C=O) groups is 3. The molecule has 0 saturated heterocycles. The van der Waals surface area contributed by atoms with E-state index in [1.807, 2.05) is 18.2 Å². The molecule has 148 valence electrons. The van der Waals surface area contributed by atoms with Crippen LogP contribution in [0.4, 0.5) is 5.69 Å². The van der Waals surface area contributed by atoms with Crippen LogP contribution in [0.15, 0.2) is 53.0 Å². The summed E-state index contributed by atoms with van der Waals surface area (Å²) in [5.41, 5.74) is 2.31. The molecule has 0 aliphatic heterocycles. The van der Waals surface area contributed by atoms with Gasteiger partial charge in [0, 0.05) is 16.5 Å². The number of halogens is 1. The van der Waals surface area contributed by atoms with Gasteiger partial charge in [0.05, 0.1) is 12.1 Å². The molecule has 6 heteroatoms. The van der Waals surface area contributed by atoms with Crippen molar-refractivity contribution >= 4 is 39.3 Å². The van der Waals surface area contributed by atoms with E-state index in [1.54, 1.807) is 30.3 Å².